The summed E-state index contributed by atoms with van der Waals surface area (Å²) in [5.74, 6) is -0.229. The van der Waals surface area contributed by atoms with Gasteiger partial charge in [0.05, 0.1) is 39.0 Å². The molecule has 0 heterocycles. The summed E-state index contributed by atoms with van der Waals surface area (Å²) in [6, 6.07) is 0. The van der Waals surface area contributed by atoms with Crippen molar-refractivity contribution < 1.29 is 24.1 Å². The summed E-state index contributed by atoms with van der Waals surface area (Å²) in [4.78, 5) is 11.0. The molecule has 0 fully saturated rings. The summed E-state index contributed by atoms with van der Waals surface area (Å²) >= 11 is 0. The van der Waals surface area contributed by atoms with E-state index in [2.05, 4.69) is 5.32 Å². The van der Waals surface area contributed by atoms with Crippen molar-refractivity contribution in [3.8, 4) is 0 Å². The molecule has 0 spiro atoms. The Labute approximate surface area is 109 Å². The van der Waals surface area contributed by atoms with Gasteiger partial charge >= 0.3 is 5.97 Å². The van der Waals surface area contributed by atoms with Crippen LogP contribution in [-0.2, 0) is 19.0 Å². The molecule has 6 nitrogen and oxygen atoms in total. The van der Waals surface area contributed by atoms with Crippen LogP contribution in [0.1, 0.15) is 20.3 Å². The van der Waals surface area contributed by atoms with Gasteiger partial charge in [-0.05, 0) is 13.8 Å². The van der Waals surface area contributed by atoms with Crippen LogP contribution in [0.3, 0.4) is 0 Å². The van der Waals surface area contributed by atoms with Crippen LogP contribution >= 0.6 is 0 Å². The van der Waals surface area contributed by atoms with Gasteiger partial charge in [0.15, 0.2) is 0 Å². The average Bonchev–Trinajstić information content (AvgIpc) is 2.35. The van der Waals surface area contributed by atoms with Crippen LogP contribution in [0.2, 0.25) is 0 Å². The fraction of sp³-hybridized carbons (Fsp3) is 0.917. The molecular formula is C12H25NO5. The summed E-state index contributed by atoms with van der Waals surface area (Å²) in [7, 11) is 0. The second kappa shape index (κ2) is 12.8. The lowest BCUT2D eigenvalue weighted by molar-refractivity contribution is -0.143. The number of aliphatic hydroxyl groups is 1. The topological polar surface area (TPSA) is 77.0 Å². The van der Waals surface area contributed by atoms with Crippen molar-refractivity contribution in [1.82, 2.24) is 5.32 Å². The lowest BCUT2D eigenvalue weighted by Gasteiger charge is -2.12. The van der Waals surface area contributed by atoms with Gasteiger partial charge in [0.1, 0.15) is 0 Å². The Morgan fingerprint density at radius 3 is 2.61 bits per heavy atom. The highest BCUT2D eigenvalue weighted by molar-refractivity contribution is 5.69. The highest BCUT2D eigenvalue weighted by Gasteiger charge is 2.05. The van der Waals surface area contributed by atoms with Gasteiger partial charge in [-0.3, -0.25) is 4.79 Å². The van der Waals surface area contributed by atoms with Crippen molar-refractivity contribution in [2.24, 2.45) is 0 Å². The Kier molecular flexibility index (Phi) is 12.3. The predicted octanol–water partition coefficient (Wildman–Crippen LogP) is -0.0568. The first-order valence-electron chi connectivity index (χ1n) is 6.40. The second-order valence-corrected chi connectivity index (χ2v) is 3.68. The minimum absolute atomic E-state index is 0.229. The van der Waals surface area contributed by atoms with E-state index in [9.17, 15) is 9.90 Å². The molecule has 18 heavy (non-hydrogen) atoms. The third-order valence-corrected chi connectivity index (χ3v) is 2.08. The largest absolute Gasteiger partial charge is 0.466 e. The van der Waals surface area contributed by atoms with E-state index in [0.29, 0.717) is 45.9 Å². The van der Waals surface area contributed by atoms with Crippen LogP contribution < -0.4 is 5.32 Å². The maximum absolute atomic E-state index is 11.0. The molecule has 108 valence electrons. The Morgan fingerprint density at radius 1 is 1.22 bits per heavy atom. The molecule has 0 aromatic carbocycles. The van der Waals surface area contributed by atoms with E-state index in [-0.39, 0.29) is 12.6 Å². The number of carbonyl (C=O) groups is 1. The molecule has 0 amide bonds. The van der Waals surface area contributed by atoms with E-state index in [4.69, 9.17) is 14.2 Å². The monoisotopic (exact) mass is 263 g/mol. The normalized spacial score (nSPS) is 12.4. The van der Waals surface area contributed by atoms with Crippen LogP contribution in [0.15, 0.2) is 0 Å². The van der Waals surface area contributed by atoms with Crippen molar-refractivity contribution in [1.29, 1.82) is 0 Å². The number of nitrogens with one attached hydrogen (secondary N) is 1. The van der Waals surface area contributed by atoms with Crippen molar-refractivity contribution in [3.63, 3.8) is 0 Å². The van der Waals surface area contributed by atoms with E-state index in [1.807, 2.05) is 6.92 Å². The third kappa shape index (κ3) is 11.8. The van der Waals surface area contributed by atoms with Gasteiger partial charge < -0.3 is 24.6 Å². The van der Waals surface area contributed by atoms with Crippen LogP contribution in [0.4, 0.5) is 0 Å². The highest BCUT2D eigenvalue weighted by atomic mass is 16.5. The van der Waals surface area contributed by atoms with Gasteiger partial charge in [0.2, 0.25) is 0 Å². The number of hydrogen-bond acceptors (Lipinski definition) is 6. The van der Waals surface area contributed by atoms with Gasteiger partial charge in [-0.15, -0.1) is 0 Å². The Hall–Kier alpha value is -0.690. The Balaban J connectivity index is 3.26. The zero-order chi connectivity index (χ0) is 13.6. The standard InChI is InChI=1S/C12H25NO5/c1-3-16-7-8-17-10-11(14)9-13-6-5-12(15)18-4-2/h11,13-14H,3-10H2,1-2H3. The molecular weight excluding hydrogens is 238 g/mol. The molecule has 1 unspecified atom stereocenters. The number of hydrogen-bond donors (Lipinski definition) is 2. The molecule has 2 N–H and O–H groups in total. The SMILES string of the molecule is CCOCCOCC(O)CNCCC(=O)OCC. The maximum Gasteiger partial charge on any atom is 0.307 e. The smallest absolute Gasteiger partial charge is 0.307 e. The first-order chi connectivity index (χ1) is 8.70. The summed E-state index contributed by atoms with van der Waals surface area (Å²) in [5, 5.41) is 12.5. The van der Waals surface area contributed by atoms with Gasteiger partial charge in [-0.2, -0.15) is 0 Å². The van der Waals surface area contributed by atoms with Crippen LogP contribution in [0.25, 0.3) is 0 Å². The van der Waals surface area contributed by atoms with Gasteiger partial charge in [-0.25, -0.2) is 0 Å². The number of ether oxygens (including phenoxy) is 3. The van der Waals surface area contributed by atoms with Crippen molar-refractivity contribution in [2.75, 3.05) is 46.1 Å². The quantitative estimate of drug-likeness (QED) is 0.379. The molecule has 0 saturated carbocycles. The number of rotatable bonds is 12. The molecule has 0 rings (SSSR count). The summed E-state index contributed by atoms with van der Waals surface area (Å²) in [6.07, 6.45) is -0.264. The van der Waals surface area contributed by atoms with E-state index < -0.39 is 6.10 Å². The number of aliphatic hydroxyl groups excluding tert-OH is 1. The van der Waals surface area contributed by atoms with Gasteiger partial charge in [-0.1, -0.05) is 0 Å². The van der Waals surface area contributed by atoms with Crippen LogP contribution in [0, 0.1) is 0 Å². The molecule has 0 aromatic rings. The van der Waals surface area contributed by atoms with Crippen LogP contribution in [0.5, 0.6) is 0 Å². The molecule has 0 aromatic heterocycles. The third-order valence-electron chi connectivity index (χ3n) is 2.08. The van der Waals surface area contributed by atoms with E-state index in [0.717, 1.165) is 0 Å². The summed E-state index contributed by atoms with van der Waals surface area (Å²) < 4.78 is 15.1. The minimum atomic E-state index is -0.575. The predicted molar refractivity (Wildman–Crippen MR) is 67.4 cm³/mol. The first kappa shape index (κ1) is 17.3. The summed E-state index contributed by atoms with van der Waals surface area (Å²) in [5.41, 5.74) is 0. The van der Waals surface area contributed by atoms with Gasteiger partial charge in [0, 0.05) is 19.7 Å². The van der Waals surface area contributed by atoms with E-state index in [1.54, 1.807) is 6.92 Å². The number of esters is 1. The van der Waals surface area contributed by atoms with Crippen molar-refractivity contribution >= 4 is 5.97 Å². The minimum Gasteiger partial charge on any atom is -0.466 e. The van der Waals surface area contributed by atoms with Gasteiger partial charge in [0.25, 0.3) is 0 Å². The fourth-order valence-corrected chi connectivity index (χ4v) is 1.23. The number of carbonyl (C=O) groups excluding carboxylic acids is 1. The first-order valence-corrected chi connectivity index (χ1v) is 6.40. The average molecular weight is 263 g/mol. The summed E-state index contributed by atoms with van der Waals surface area (Å²) in [6.45, 7) is 6.93. The molecule has 0 aliphatic carbocycles. The Morgan fingerprint density at radius 2 is 1.94 bits per heavy atom. The molecule has 6 heteroatoms. The Bertz CT molecular complexity index is 201. The molecule has 0 aliphatic heterocycles. The molecule has 0 saturated heterocycles. The van der Waals surface area contributed by atoms with Crippen molar-refractivity contribution in [2.45, 2.75) is 26.4 Å². The van der Waals surface area contributed by atoms with E-state index in [1.165, 1.54) is 0 Å². The highest BCUT2D eigenvalue weighted by Crippen LogP contribution is 1.87. The molecule has 0 radical (unpaired) electrons. The molecule has 0 bridgehead atoms. The fourth-order valence-electron chi connectivity index (χ4n) is 1.23. The van der Waals surface area contributed by atoms with E-state index >= 15 is 0 Å². The zero-order valence-electron chi connectivity index (χ0n) is 11.3. The zero-order valence-corrected chi connectivity index (χ0v) is 11.3. The van der Waals surface area contributed by atoms with Crippen molar-refractivity contribution in [3.05, 3.63) is 0 Å². The second-order valence-electron chi connectivity index (χ2n) is 3.68. The molecule has 0 aliphatic rings. The lowest BCUT2D eigenvalue weighted by atomic mass is 10.3. The maximum atomic E-state index is 11.0. The lowest BCUT2D eigenvalue weighted by Crippen LogP contribution is -2.32. The van der Waals surface area contributed by atoms with Crippen LogP contribution in [-0.4, -0.2) is 63.3 Å². The molecule has 1 atom stereocenters.